The van der Waals surface area contributed by atoms with Gasteiger partial charge in [-0.2, -0.15) is 0 Å². The maximum Gasteiger partial charge on any atom is 0.120 e. The average Bonchev–Trinajstić information content (AvgIpc) is 2.95. The summed E-state index contributed by atoms with van der Waals surface area (Å²) in [5, 5.41) is 11.1. The van der Waals surface area contributed by atoms with Crippen LogP contribution in [0.3, 0.4) is 0 Å². The molecule has 1 N–H and O–H groups in total. The summed E-state index contributed by atoms with van der Waals surface area (Å²) in [6, 6.07) is 14.8. The third-order valence-corrected chi connectivity index (χ3v) is 4.19. The monoisotopic (exact) mass is 265 g/mol. The van der Waals surface area contributed by atoms with Crippen LogP contribution in [-0.2, 0) is 5.41 Å². The van der Waals surface area contributed by atoms with E-state index in [9.17, 15) is 0 Å². The van der Waals surface area contributed by atoms with E-state index in [2.05, 4.69) is 66.5 Å². The molecule has 0 atom stereocenters. The molecule has 0 spiro atoms. The molecule has 0 aliphatic carbocycles. The van der Waals surface area contributed by atoms with Crippen molar-refractivity contribution in [2.24, 2.45) is 0 Å². The Hall–Kier alpha value is -2.16. The van der Waals surface area contributed by atoms with Gasteiger partial charge in [-0.3, -0.25) is 5.10 Å². The van der Waals surface area contributed by atoms with E-state index in [0.717, 1.165) is 23.0 Å². The molecular formula is C17H19N3. The fourth-order valence-corrected chi connectivity index (χ4v) is 2.59. The lowest BCUT2D eigenvalue weighted by Crippen LogP contribution is -2.16. The van der Waals surface area contributed by atoms with Crippen LogP contribution in [0.5, 0.6) is 0 Å². The molecule has 0 radical (unpaired) electrons. The summed E-state index contributed by atoms with van der Waals surface area (Å²) in [5.74, 6) is 0. The highest BCUT2D eigenvalue weighted by molar-refractivity contribution is 5.92. The first-order chi connectivity index (χ1) is 9.63. The van der Waals surface area contributed by atoms with Crippen molar-refractivity contribution in [2.75, 3.05) is 0 Å². The smallest absolute Gasteiger partial charge is 0.120 e. The van der Waals surface area contributed by atoms with Crippen LogP contribution in [0.2, 0.25) is 0 Å². The Morgan fingerprint density at radius 1 is 1.00 bits per heavy atom. The Morgan fingerprint density at radius 2 is 1.75 bits per heavy atom. The van der Waals surface area contributed by atoms with Gasteiger partial charge in [-0.1, -0.05) is 62.4 Å². The molecule has 0 bridgehead atoms. The maximum absolute atomic E-state index is 4.24. The second-order valence-electron chi connectivity index (χ2n) is 5.80. The first kappa shape index (κ1) is 12.9. The standard InChI is InChI=1S/C17H19N3/c1-4-17(2,3)14-10-6-5-8-12(14)13-9-7-11-15-16(13)19-20-18-15/h5-11H,4H2,1-3H3,(H,18,19,20). The van der Waals surface area contributed by atoms with E-state index in [0.29, 0.717) is 0 Å². The highest BCUT2D eigenvalue weighted by atomic mass is 15.3. The van der Waals surface area contributed by atoms with Crippen molar-refractivity contribution < 1.29 is 0 Å². The van der Waals surface area contributed by atoms with Gasteiger partial charge in [0.2, 0.25) is 0 Å². The number of fused-ring (bicyclic) bond motifs is 1. The molecule has 0 aliphatic heterocycles. The quantitative estimate of drug-likeness (QED) is 0.766. The predicted octanol–water partition coefficient (Wildman–Crippen LogP) is 4.31. The highest BCUT2D eigenvalue weighted by Gasteiger charge is 2.22. The Labute approximate surface area is 119 Å². The summed E-state index contributed by atoms with van der Waals surface area (Å²) in [6.07, 6.45) is 1.10. The molecule has 20 heavy (non-hydrogen) atoms. The lowest BCUT2D eigenvalue weighted by atomic mass is 9.78. The van der Waals surface area contributed by atoms with Crippen LogP contribution in [-0.4, -0.2) is 15.4 Å². The molecule has 0 unspecified atom stereocenters. The summed E-state index contributed by atoms with van der Waals surface area (Å²) in [5.41, 5.74) is 5.81. The van der Waals surface area contributed by atoms with Gasteiger partial charge in [-0.15, -0.1) is 5.10 Å². The molecule has 0 amide bonds. The minimum absolute atomic E-state index is 0.141. The van der Waals surface area contributed by atoms with Crippen LogP contribution in [0.4, 0.5) is 0 Å². The van der Waals surface area contributed by atoms with Crippen molar-refractivity contribution >= 4 is 11.0 Å². The number of aromatic nitrogens is 3. The predicted molar refractivity (Wildman–Crippen MR) is 82.6 cm³/mol. The zero-order valence-corrected chi connectivity index (χ0v) is 12.1. The molecule has 2 aromatic carbocycles. The number of nitrogens with one attached hydrogen (secondary N) is 1. The second-order valence-corrected chi connectivity index (χ2v) is 5.80. The fourth-order valence-electron chi connectivity index (χ4n) is 2.59. The van der Waals surface area contributed by atoms with Gasteiger partial charge in [-0.25, -0.2) is 0 Å². The molecule has 0 fully saturated rings. The van der Waals surface area contributed by atoms with E-state index in [1.807, 2.05) is 12.1 Å². The minimum Gasteiger partial charge on any atom is -0.258 e. The minimum atomic E-state index is 0.141. The lowest BCUT2D eigenvalue weighted by molar-refractivity contribution is 0.508. The summed E-state index contributed by atoms with van der Waals surface area (Å²) >= 11 is 0. The van der Waals surface area contributed by atoms with E-state index in [1.165, 1.54) is 11.1 Å². The molecule has 102 valence electrons. The molecule has 1 aromatic heterocycles. The van der Waals surface area contributed by atoms with Crippen LogP contribution in [0.15, 0.2) is 42.5 Å². The number of benzene rings is 2. The van der Waals surface area contributed by atoms with Gasteiger partial charge < -0.3 is 0 Å². The number of H-pyrrole nitrogens is 1. The van der Waals surface area contributed by atoms with Crippen molar-refractivity contribution in [3.8, 4) is 11.1 Å². The number of aromatic amines is 1. The summed E-state index contributed by atoms with van der Waals surface area (Å²) in [7, 11) is 0. The Balaban J connectivity index is 2.28. The topological polar surface area (TPSA) is 41.6 Å². The number of rotatable bonds is 3. The van der Waals surface area contributed by atoms with Gasteiger partial charge in [0, 0.05) is 5.56 Å². The average molecular weight is 265 g/mol. The van der Waals surface area contributed by atoms with E-state index in [1.54, 1.807) is 0 Å². The van der Waals surface area contributed by atoms with Crippen molar-refractivity contribution in [3.05, 3.63) is 48.0 Å². The van der Waals surface area contributed by atoms with Gasteiger partial charge in [0.15, 0.2) is 0 Å². The van der Waals surface area contributed by atoms with Crippen molar-refractivity contribution in [2.45, 2.75) is 32.6 Å². The summed E-state index contributed by atoms with van der Waals surface area (Å²) < 4.78 is 0. The Bertz CT molecular complexity index is 741. The van der Waals surface area contributed by atoms with Gasteiger partial charge in [0.25, 0.3) is 0 Å². The van der Waals surface area contributed by atoms with Crippen LogP contribution in [0, 0.1) is 0 Å². The number of nitrogens with zero attached hydrogens (tertiary/aromatic N) is 2. The van der Waals surface area contributed by atoms with Crippen LogP contribution in [0.25, 0.3) is 22.2 Å². The van der Waals surface area contributed by atoms with Gasteiger partial charge in [-0.05, 0) is 29.0 Å². The third kappa shape index (κ3) is 1.99. The zero-order valence-electron chi connectivity index (χ0n) is 12.1. The largest absolute Gasteiger partial charge is 0.258 e. The first-order valence-electron chi connectivity index (χ1n) is 7.03. The molecule has 1 heterocycles. The maximum atomic E-state index is 4.24. The van der Waals surface area contributed by atoms with E-state index in [-0.39, 0.29) is 5.41 Å². The van der Waals surface area contributed by atoms with Crippen molar-refractivity contribution in [1.29, 1.82) is 0 Å². The lowest BCUT2D eigenvalue weighted by Gasteiger charge is -2.26. The van der Waals surface area contributed by atoms with Crippen LogP contribution in [0.1, 0.15) is 32.8 Å². The Kier molecular flexibility index (Phi) is 3.05. The van der Waals surface area contributed by atoms with Gasteiger partial charge >= 0.3 is 0 Å². The molecule has 0 aliphatic rings. The van der Waals surface area contributed by atoms with E-state index in [4.69, 9.17) is 0 Å². The number of hydrogen-bond donors (Lipinski definition) is 1. The van der Waals surface area contributed by atoms with E-state index >= 15 is 0 Å². The zero-order chi connectivity index (χ0) is 14.2. The SMILES string of the molecule is CCC(C)(C)c1ccccc1-c1cccc2[nH]nnc12. The number of hydrogen-bond acceptors (Lipinski definition) is 2. The van der Waals surface area contributed by atoms with Crippen molar-refractivity contribution in [1.82, 2.24) is 15.4 Å². The molecular weight excluding hydrogens is 246 g/mol. The fraction of sp³-hybridized carbons (Fsp3) is 0.294. The first-order valence-corrected chi connectivity index (χ1v) is 7.03. The van der Waals surface area contributed by atoms with Crippen LogP contribution >= 0.6 is 0 Å². The normalized spacial score (nSPS) is 11.9. The third-order valence-electron chi connectivity index (χ3n) is 4.19. The molecule has 3 aromatic rings. The highest BCUT2D eigenvalue weighted by Crippen LogP contribution is 2.37. The Morgan fingerprint density at radius 3 is 2.55 bits per heavy atom. The van der Waals surface area contributed by atoms with Crippen LogP contribution < -0.4 is 0 Å². The molecule has 3 nitrogen and oxygen atoms in total. The molecule has 3 rings (SSSR count). The molecule has 3 heteroatoms. The second kappa shape index (κ2) is 4.75. The summed E-state index contributed by atoms with van der Waals surface area (Å²) in [4.78, 5) is 0. The molecule has 0 saturated carbocycles. The molecule has 0 saturated heterocycles. The van der Waals surface area contributed by atoms with Gasteiger partial charge in [0.05, 0.1) is 5.52 Å². The summed E-state index contributed by atoms with van der Waals surface area (Å²) in [6.45, 7) is 6.80. The van der Waals surface area contributed by atoms with Gasteiger partial charge in [0.1, 0.15) is 5.52 Å². The van der Waals surface area contributed by atoms with E-state index < -0.39 is 0 Å². The van der Waals surface area contributed by atoms with Crippen molar-refractivity contribution in [3.63, 3.8) is 0 Å².